The minimum Gasteiger partial charge on any atom is -0.490 e. The number of amides is 1. The first-order valence-electron chi connectivity index (χ1n) is 9.94. The number of hydrogen-bond acceptors (Lipinski definition) is 5. The van der Waals surface area contributed by atoms with Crippen molar-refractivity contribution in [1.29, 1.82) is 0 Å². The van der Waals surface area contributed by atoms with E-state index in [1.54, 1.807) is 11.3 Å². The molecule has 1 N–H and O–H groups in total. The van der Waals surface area contributed by atoms with Gasteiger partial charge in [0, 0.05) is 37.9 Å². The lowest BCUT2D eigenvalue weighted by Gasteiger charge is -2.31. The average Bonchev–Trinajstić information content (AvgIpc) is 3.28. The molecule has 3 aromatic rings. The molecule has 1 aliphatic heterocycles. The van der Waals surface area contributed by atoms with Gasteiger partial charge in [0.1, 0.15) is 11.9 Å². The van der Waals surface area contributed by atoms with Gasteiger partial charge in [0.25, 0.3) is 5.91 Å². The van der Waals surface area contributed by atoms with Crippen molar-refractivity contribution < 1.29 is 9.53 Å². The number of likely N-dealkylation sites (tertiary alicyclic amines) is 1. The quantitative estimate of drug-likeness (QED) is 0.640. The first-order chi connectivity index (χ1) is 14.3. The molecular weight excluding hydrogens is 382 g/mol. The molecule has 1 saturated heterocycles. The summed E-state index contributed by atoms with van der Waals surface area (Å²) in [6.07, 6.45) is 4.05. The Labute approximate surface area is 175 Å². The third kappa shape index (κ3) is 5.65. The Morgan fingerprint density at radius 2 is 1.97 bits per heavy atom. The van der Waals surface area contributed by atoms with Crippen LogP contribution >= 0.6 is 11.3 Å². The van der Waals surface area contributed by atoms with Crippen molar-refractivity contribution in [3.8, 4) is 5.75 Å². The molecule has 0 unspecified atom stereocenters. The Bertz CT molecular complexity index is 890. The Morgan fingerprint density at radius 1 is 1.14 bits per heavy atom. The van der Waals surface area contributed by atoms with Crippen LogP contribution in [0.4, 0.5) is 0 Å². The molecule has 3 heterocycles. The van der Waals surface area contributed by atoms with Crippen molar-refractivity contribution >= 4 is 17.2 Å². The van der Waals surface area contributed by atoms with Gasteiger partial charge in [-0.25, -0.2) is 0 Å². The highest BCUT2D eigenvalue weighted by Crippen LogP contribution is 2.20. The van der Waals surface area contributed by atoms with E-state index in [0.29, 0.717) is 12.1 Å². The molecule has 0 spiro atoms. The summed E-state index contributed by atoms with van der Waals surface area (Å²) in [6.45, 7) is 3.45. The number of piperidine rings is 1. The molecule has 4 rings (SSSR count). The van der Waals surface area contributed by atoms with Crippen LogP contribution in [0.1, 0.15) is 34.5 Å². The number of nitrogens with zero attached hydrogens (tertiary/aromatic N) is 2. The first kappa shape index (κ1) is 19.6. The van der Waals surface area contributed by atoms with Crippen molar-refractivity contribution in [2.45, 2.75) is 32.0 Å². The highest BCUT2D eigenvalue weighted by molar-refractivity contribution is 7.07. The van der Waals surface area contributed by atoms with Crippen LogP contribution in [0.3, 0.4) is 0 Å². The van der Waals surface area contributed by atoms with E-state index in [1.165, 1.54) is 0 Å². The van der Waals surface area contributed by atoms with Gasteiger partial charge < -0.3 is 10.1 Å². The molecule has 6 heteroatoms. The van der Waals surface area contributed by atoms with Gasteiger partial charge in [0.2, 0.25) is 0 Å². The summed E-state index contributed by atoms with van der Waals surface area (Å²) in [4.78, 5) is 19.1. The number of thiophene rings is 1. The van der Waals surface area contributed by atoms with Gasteiger partial charge in [-0.2, -0.15) is 11.3 Å². The third-order valence-corrected chi connectivity index (χ3v) is 5.83. The molecule has 1 fully saturated rings. The molecule has 2 aromatic heterocycles. The van der Waals surface area contributed by atoms with Gasteiger partial charge in [-0.3, -0.25) is 14.7 Å². The van der Waals surface area contributed by atoms with E-state index in [0.717, 1.165) is 49.5 Å². The molecule has 1 amide bonds. The number of carbonyl (C=O) groups is 1. The number of nitrogens with one attached hydrogen (secondary N) is 1. The standard InChI is InChI=1S/C23H25N3O2S/c27-23(25-15-18-10-14-29-17-18)19-4-6-21(7-5-19)28-22-8-12-26(13-9-22)16-20-3-1-2-11-24-20/h1-7,10-11,14,17,22H,8-9,12-13,15-16H2,(H,25,27). The summed E-state index contributed by atoms with van der Waals surface area (Å²) in [7, 11) is 0. The number of hydrogen-bond donors (Lipinski definition) is 1. The number of ether oxygens (including phenoxy) is 1. The van der Waals surface area contributed by atoms with E-state index in [9.17, 15) is 4.79 Å². The maximum absolute atomic E-state index is 12.3. The van der Waals surface area contributed by atoms with Gasteiger partial charge in [-0.05, 0) is 71.6 Å². The summed E-state index contributed by atoms with van der Waals surface area (Å²) in [6, 6.07) is 15.5. The Kier molecular flexibility index (Phi) is 6.54. The van der Waals surface area contributed by atoms with Crippen molar-refractivity contribution in [2.75, 3.05) is 13.1 Å². The second-order valence-electron chi connectivity index (χ2n) is 7.25. The molecule has 1 aromatic carbocycles. The summed E-state index contributed by atoms with van der Waals surface area (Å²) >= 11 is 1.63. The molecule has 29 heavy (non-hydrogen) atoms. The smallest absolute Gasteiger partial charge is 0.251 e. The Hall–Kier alpha value is -2.70. The maximum atomic E-state index is 12.3. The number of rotatable bonds is 7. The van der Waals surface area contributed by atoms with Gasteiger partial charge in [-0.15, -0.1) is 0 Å². The molecule has 1 aliphatic rings. The molecule has 0 saturated carbocycles. The number of pyridine rings is 1. The van der Waals surface area contributed by atoms with Gasteiger partial charge in [-0.1, -0.05) is 6.07 Å². The van der Waals surface area contributed by atoms with Crippen molar-refractivity contribution in [2.24, 2.45) is 0 Å². The minimum atomic E-state index is -0.0643. The highest BCUT2D eigenvalue weighted by Gasteiger charge is 2.21. The zero-order chi connectivity index (χ0) is 19.9. The van der Waals surface area contributed by atoms with E-state index >= 15 is 0 Å². The zero-order valence-corrected chi connectivity index (χ0v) is 17.1. The number of benzene rings is 1. The van der Waals surface area contributed by atoms with Crippen LogP contribution in [0.5, 0.6) is 5.75 Å². The zero-order valence-electron chi connectivity index (χ0n) is 16.3. The summed E-state index contributed by atoms with van der Waals surface area (Å²) in [5.74, 6) is 0.758. The van der Waals surface area contributed by atoms with Gasteiger partial charge >= 0.3 is 0 Å². The molecule has 5 nitrogen and oxygen atoms in total. The van der Waals surface area contributed by atoms with Crippen LogP contribution in [-0.4, -0.2) is 35.0 Å². The second-order valence-corrected chi connectivity index (χ2v) is 8.03. The van der Waals surface area contributed by atoms with E-state index in [1.807, 2.05) is 59.4 Å². The Balaban J connectivity index is 1.22. The van der Waals surface area contributed by atoms with E-state index in [4.69, 9.17) is 4.74 Å². The lowest BCUT2D eigenvalue weighted by Crippen LogP contribution is -2.37. The van der Waals surface area contributed by atoms with Crippen molar-refractivity contribution in [3.63, 3.8) is 0 Å². The average molecular weight is 408 g/mol. The minimum absolute atomic E-state index is 0.0643. The summed E-state index contributed by atoms with van der Waals surface area (Å²) < 4.78 is 6.13. The third-order valence-electron chi connectivity index (χ3n) is 5.10. The largest absolute Gasteiger partial charge is 0.490 e. The molecular formula is C23H25N3O2S. The topological polar surface area (TPSA) is 54.5 Å². The maximum Gasteiger partial charge on any atom is 0.251 e. The van der Waals surface area contributed by atoms with Crippen molar-refractivity contribution in [3.05, 3.63) is 82.3 Å². The van der Waals surface area contributed by atoms with Crippen LogP contribution in [-0.2, 0) is 13.1 Å². The predicted octanol–water partition coefficient (Wildman–Crippen LogP) is 4.12. The molecule has 0 aliphatic carbocycles. The van der Waals surface area contributed by atoms with Crippen LogP contribution in [0, 0.1) is 0 Å². The monoisotopic (exact) mass is 407 g/mol. The lowest BCUT2D eigenvalue weighted by molar-refractivity contribution is 0.0947. The number of carbonyl (C=O) groups excluding carboxylic acids is 1. The van der Waals surface area contributed by atoms with Crippen LogP contribution in [0.25, 0.3) is 0 Å². The molecule has 0 bridgehead atoms. The molecule has 150 valence electrons. The normalized spacial score (nSPS) is 15.2. The fourth-order valence-corrected chi connectivity index (χ4v) is 4.13. The van der Waals surface area contributed by atoms with Crippen LogP contribution < -0.4 is 10.1 Å². The number of aromatic nitrogens is 1. The predicted molar refractivity (Wildman–Crippen MR) is 115 cm³/mol. The van der Waals surface area contributed by atoms with E-state index < -0.39 is 0 Å². The molecule has 0 radical (unpaired) electrons. The van der Waals surface area contributed by atoms with E-state index in [2.05, 4.69) is 21.3 Å². The van der Waals surface area contributed by atoms with Crippen LogP contribution in [0.2, 0.25) is 0 Å². The van der Waals surface area contributed by atoms with E-state index in [-0.39, 0.29) is 12.0 Å². The lowest BCUT2D eigenvalue weighted by atomic mass is 10.1. The highest BCUT2D eigenvalue weighted by atomic mass is 32.1. The fraction of sp³-hybridized carbons (Fsp3) is 0.304. The second kappa shape index (κ2) is 9.67. The Morgan fingerprint density at radius 3 is 2.66 bits per heavy atom. The summed E-state index contributed by atoms with van der Waals surface area (Å²) in [5.41, 5.74) is 2.88. The SMILES string of the molecule is O=C(NCc1ccsc1)c1ccc(OC2CCN(Cc3ccccn3)CC2)cc1. The van der Waals surface area contributed by atoms with Crippen molar-refractivity contribution in [1.82, 2.24) is 15.2 Å². The van der Waals surface area contributed by atoms with Gasteiger partial charge in [0.15, 0.2) is 0 Å². The fourth-order valence-electron chi connectivity index (χ4n) is 3.46. The molecule has 0 atom stereocenters. The van der Waals surface area contributed by atoms with Crippen LogP contribution in [0.15, 0.2) is 65.5 Å². The first-order valence-corrected chi connectivity index (χ1v) is 10.9. The van der Waals surface area contributed by atoms with Gasteiger partial charge in [0.05, 0.1) is 5.69 Å². The summed E-state index contributed by atoms with van der Waals surface area (Å²) in [5, 5.41) is 6.99.